The molecule has 0 amide bonds. The van der Waals surface area contributed by atoms with Crippen LogP contribution in [0.5, 0.6) is 0 Å². The Morgan fingerprint density at radius 1 is 1.55 bits per heavy atom. The molecule has 0 aliphatic heterocycles. The first kappa shape index (κ1) is 7.10. The number of rotatable bonds is 1. The SMILES string of the molecule is O=c1cc(C2CC2)[nH]cc1Br. The Morgan fingerprint density at radius 2 is 2.27 bits per heavy atom. The van der Waals surface area contributed by atoms with Crippen molar-refractivity contribution in [3.05, 3.63) is 32.7 Å². The molecular weight excluding hydrogens is 206 g/mol. The molecule has 0 aromatic carbocycles. The highest BCUT2D eigenvalue weighted by molar-refractivity contribution is 9.10. The van der Waals surface area contributed by atoms with Gasteiger partial charge in [-0.25, -0.2) is 0 Å². The molecular formula is C8H8BrNO. The van der Waals surface area contributed by atoms with E-state index >= 15 is 0 Å². The third-order valence-corrected chi connectivity index (χ3v) is 2.52. The van der Waals surface area contributed by atoms with Gasteiger partial charge in [-0.1, -0.05) is 0 Å². The Labute approximate surface area is 72.8 Å². The smallest absolute Gasteiger partial charge is 0.195 e. The lowest BCUT2D eigenvalue weighted by atomic mass is 10.2. The van der Waals surface area contributed by atoms with Gasteiger partial charge in [0.25, 0.3) is 0 Å². The summed E-state index contributed by atoms with van der Waals surface area (Å²) in [5, 5.41) is 0. The largest absolute Gasteiger partial charge is 0.363 e. The van der Waals surface area contributed by atoms with Crippen LogP contribution in [-0.2, 0) is 0 Å². The average molecular weight is 214 g/mol. The van der Waals surface area contributed by atoms with Gasteiger partial charge in [0.1, 0.15) is 0 Å². The lowest BCUT2D eigenvalue weighted by molar-refractivity contribution is 1.01. The van der Waals surface area contributed by atoms with E-state index in [0.717, 1.165) is 5.69 Å². The first-order chi connectivity index (χ1) is 5.27. The molecule has 1 fully saturated rings. The number of halogens is 1. The van der Waals surface area contributed by atoms with Crippen LogP contribution in [0.25, 0.3) is 0 Å². The summed E-state index contributed by atoms with van der Waals surface area (Å²) in [6.07, 6.45) is 4.16. The van der Waals surface area contributed by atoms with E-state index in [0.29, 0.717) is 10.4 Å². The van der Waals surface area contributed by atoms with Gasteiger partial charge in [-0.2, -0.15) is 0 Å². The van der Waals surface area contributed by atoms with Crippen LogP contribution < -0.4 is 5.43 Å². The summed E-state index contributed by atoms with van der Waals surface area (Å²) >= 11 is 3.16. The summed E-state index contributed by atoms with van der Waals surface area (Å²) in [6, 6.07) is 1.68. The summed E-state index contributed by atoms with van der Waals surface area (Å²) < 4.78 is 0.613. The van der Waals surface area contributed by atoms with Crippen molar-refractivity contribution < 1.29 is 0 Å². The van der Waals surface area contributed by atoms with Crippen molar-refractivity contribution >= 4 is 15.9 Å². The number of hydrogen-bond acceptors (Lipinski definition) is 1. The molecule has 1 heterocycles. The van der Waals surface area contributed by atoms with Crippen LogP contribution in [0, 0.1) is 0 Å². The highest BCUT2D eigenvalue weighted by Gasteiger charge is 2.24. The maximum Gasteiger partial charge on any atom is 0.195 e. The Bertz CT molecular complexity index is 327. The van der Waals surface area contributed by atoms with Gasteiger partial charge in [0.2, 0.25) is 0 Å². The summed E-state index contributed by atoms with van der Waals surface area (Å²) in [4.78, 5) is 14.2. The van der Waals surface area contributed by atoms with Crippen molar-refractivity contribution in [2.45, 2.75) is 18.8 Å². The van der Waals surface area contributed by atoms with Gasteiger partial charge in [-0.15, -0.1) is 0 Å². The molecule has 58 valence electrons. The molecule has 1 aliphatic rings. The fourth-order valence-corrected chi connectivity index (χ4v) is 1.33. The Kier molecular flexibility index (Phi) is 1.60. The van der Waals surface area contributed by atoms with Crippen LogP contribution in [0.15, 0.2) is 21.5 Å². The highest BCUT2D eigenvalue weighted by Crippen LogP contribution is 2.38. The molecule has 0 saturated heterocycles. The summed E-state index contributed by atoms with van der Waals surface area (Å²) in [5.41, 5.74) is 1.16. The quantitative estimate of drug-likeness (QED) is 0.761. The van der Waals surface area contributed by atoms with Crippen LogP contribution in [0.3, 0.4) is 0 Å². The van der Waals surface area contributed by atoms with E-state index in [2.05, 4.69) is 20.9 Å². The number of nitrogens with one attached hydrogen (secondary N) is 1. The van der Waals surface area contributed by atoms with E-state index < -0.39 is 0 Å². The normalized spacial score (nSPS) is 16.8. The third-order valence-electron chi connectivity index (χ3n) is 1.90. The fourth-order valence-electron chi connectivity index (χ4n) is 1.10. The van der Waals surface area contributed by atoms with Crippen molar-refractivity contribution in [1.29, 1.82) is 0 Å². The van der Waals surface area contributed by atoms with Gasteiger partial charge in [-0.05, 0) is 34.7 Å². The molecule has 1 aromatic rings. The third kappa shape index (κ3) is 1.38. The van der Waals surface area contributed by atoms with Gasteiger partial charge in [-0.3, -0.25) is 4.79 Å². The molecule has 0 radical (unpaired) electrons. The van der Waals surface area contributed by atoms with Gasteiger partial charge in [0, 0.05) is 18.0 Å². The summed E-state index contributed by atoms with van der Waals surface area (Å²) in [7, 11) is 0. The molecule has 0 spiro atoms. The minimum Gasteiger partial charge on any atom is -0.363 e. The zero-order chi connectivity index (χ0) is 7.84. The molecule has 1 aromatic heterocycles. The Hall–Kier alpha value is -0.570. The van der Waals surface area contributed by atoms with Crippen LogP contribution in [0.1, 0.15) is 24.5 Å². The molecule has 1 saturated carbocycles. The van der Waals surface area contributed by atoms with Gasteiger partial charge in [0.15, 0.2) is 5.43 Å². The minimum absolute atomic E-state index is 0.0747. The zero-order valence-corrected chi connectivity index (χ0v) is 7.52. The lowest BCUT2D eigenvalue weighted by Crippen LogP contribution is -2.02. The second-order valence-electron chi connectivity index (χ2n) is 2.87. The van der Waals surface area contributed by atoms with E-state index in [4.69, 9.17) is 0 Å². The molecule has 1 aliphatic carbocycles. The predicted octanol–water partition coefficient (Wildman–Crippen LogP) is 2.01. The van der Waals surface area contributed by atoms with E-state index in [-0.39, 0.29) is 5.43 Å². The maximum atomic E-state index is 11.1. The standard InChI is InChI=1S/C8H8BrNO/c9-6-4-10-7(3-8(6)11)5-1-2-5/h3-5H,1-2H2,(H,10,11). The second-order valence-corrected chi connectivity index (χ2v) is 3.73. The summed E-state index contributed by atoms with van der Waals surface area (Å²) in [5.74, 6) is 0.621. The molecule has 2 rings (SSSR count). The molecule has 0 atom stereocenters. The molecule has 3 heteroatoms. The van der Waals surface area contributed by atoms with Crippen molar-refractivity contribution in [3.63, 3.8) is 0 Å². The topological polar surface area (TPSA) is 32.9 Å². The van der Waals surface area contributed by atoms with Crippen molar-refractivity contribution in [2.24, 2.45) is 0 Å². The Balaban J connectivity index is 2.44. The number of H-pyrrole nitrogens is 1. The van der Waals surface area contributed by atoms with Gasteiger partial charge < -0.3 is 4.98 Å². The molecule has 0 unspecified atom stereocenters. The molecule has 1 N–H and O–H groups in total. The number of hydrogen-bond donors (Lipinski definition) is 1. The highest BCUT2D eigenvalue weighted by atomic mass is 79.9. The minimum atomic E-state index is 0.0747. The van der Waals surface area contributed by atoms with Crippen LogP contribution >= 0.6 is 15.9 Å². The molecule has 0 bridgehead atoms. The predicted molar refractivity (Wildman–Crippen MR) is 46.7 cm³/mol. The summed E-state index contributed by atoms with van der Waals surface area (Å²) in [6.45, 7) is 0. The van der Waals surface area contributed by atoms with Gasteiger partial charge >= 0.3 is 0 Å². The van der Waals surface area contributed by atoms with Gasteiger partial charge in [0.05, 0.1) is 4.47 Å². The van der Waals surface area contributed by atoms with Crippen molar-refractivity contribution in [1.82, 2.24) is 4.98 Å². The van der Waals surface area contributed by atoms with Crippen LogP contribution in [0.2, 0.25) is 0 Å². The monoisotopic (exact) mass is 213 g/mol. The van der Waals surface area contributed by atoms with Crippen LogP contribution in [0.4, 0.5) is 0 Å². The number of pyridine rings is 1. The number of aromatic amines is 1. The zero-order valence-electron chi connectivity index (χ0n) is 5.93. The average Bonchev–Trinajstić information content (AvgIpc) is 2.77. The molecule has 11 heavy (non-hydrogen) atoms. The van der Waals surface area contributed by atoms with Crippen molar-refractivity contribution in [2.75, 3.05) is 0 Å². The van der Waals surface area contributed by atoms with E-state index in [1.807, 2.05) is 0 Å². The van der Waals surface area contributed by atoms with Crippen LogP contribution in [-0.4, -0.2) is 4.98 Å². The maximum absolute atomic E-state index is 11.1. The first-order valence-electron chi connectivity index (χ1n) is 3.65. The number of aromatic nitrogens is 1. The van der Waals surface area contributed by atoms with E-state index in [1.54, 1.807) is 12.3 Å². The second kappa shape index (κ2) is 2.48. The van der Waals surface area contributed by atoms with E-state index in [1.165, 1.54) is 12.8 Å². The first-order valence-corrected chi connectivity index (χ1v) is 4.45. The van der Waals surface area contributed by atoms with Crippen molar-refractivity contribution in [3.8, 4) is 0 Å². The Morgan fingerprint density at radius 3 is 2.82 bits per heavy atom. The lowest BCUT2D eigenvalue weighted by Gasteiger charge is -1.96. The van der Waals surface area contributed by atoms with E-state index in [9.17, 15) is 4.79 Å². The fraction of sp³-hybridized carbons (Fsp3) is 0.375. The molecule has 2 nitrogen and oxygen atoms in total.